The summed E-state index contributed by atoms with van der Waals surface area (Å²) in [5.74, 6) is 0.557. The van der Waals surface area contributed by atoms with Crippen molar-refractivity contribution in [2.75, 3.05) is 0 Å². The monoisotopic (exact) mass is 351 g/mol. The molecule has 1 aromatic carbocycles. The molecule has 3 rings (SSSR count). The van der Waals surface area contributed by atoms with Crippen LogP contribution in [0.4, 0.5) is 0 Å². The van der Waals surface area contributed by atoms with E-state index in [1.165, 1.54) is 0 Å². The number of aliphatic hydroxyl groups excluding tert-OH is 1. The van der Waals surface area contributed by atoms with Crippen LogP contribution in [-0.2, 0) is 11.3 Å². The van der Waals surface area contributed by atoms with E-state index in [1.54, 1.807) is 0 Å². The Bertz CT molecular complexity index is 732. The molecule has 6 atom stereocenters. The van der Waals surface area contributed by atoms with E-state index in [9.17, 15) is 10.4 Å². The Hall–Kier alpha value is -1.89. The van der Waals surface area contributed by atoms with Crippen LogP contribution in [0, 0.1) is 34.5 Å². The summed E-state index contributed by atoms with van der Waals surface area (Å²) in [7, 11) is 0. The van der Waals surface area contributed by atoms with E-state index in [2.05, 4.69) is 19.6 Å². The third kappa shape index (κ3) is 3.37. The van der Waals surface area contributed by atoms with Crippen molar-refractivity contribution < 1.29 is 9.84 Å². The van der Waals surface area contributed by atoms with Gasteiger partial charge in [-0.05, 0) is 42.7 Å². The van der Waals surface area contributed by atoms with Crippen LogP contribution in [0.1, 0.15) is 39.2 Å². The summed E-state index contributed by atoms with van der Waals surface area (Å²) < 4.78 is 6.40. The van der Waals surface area contributed by atoms with Crippen molar-refractivity contribution in [3.63, 3.8) is 0 Å². The molecule has 0 saturated heterocycles. The summed E-state index contributed by atoms with van der Waals surface area (Å²) in [6, 6.07) is 12.7. The van der Waals surface area contributed by atoms with Gasteiger partial charge in [-0.1, -0.05) is 62.4 Å². The second kappa shape index (κ2) is 7.39. The van der Waals surface area contributed by atoms with Crippen LogP contribution in [0.15, 0.2) is 54.1 Å². The van der Waals surface area contributed by atoms with E-state index in [1.807, 2.05) is 50.3 Å². The average molecular weight is 351 g/mol. The quantitative estimate of drug-likeness (QED) is 0.804. The zero-order valence-corrected chi connectivity index (χ0v) is 16.0. The van der Waals surface area contributed by atoms with Crippen molar-refractivity contribution in [1.29, 1.82) is 5.26 Å². The summed E-state index contributed by atoms with van der Waals surface area (Å²) >= 11 is 0. The van der Waals surface area contributed by atoms with E-state index >= 15 is 0 Å². The fourth-order valence-corrected chi connectivity index (χ4v) is 4.89. The van der Waals surface area contributed by atoms with Crippen LogP contribution in [0.3, 0.4) is 0 Å². The predicted molar refractivity (Wildman–Crippen MR) is 103 cm³/mol. The SMILES string of the molecule is C=C(C)[C@@H]1[C@@H](C)C[C@]2(C#N)C[C@@H](C)[C@H](O)C=C2[C@@H]1OCc1ccccc1. The first-order valence-corrected chi connectivity index (χ1v) is 9.50. The molecule has 1 saturated carbocycles. The number of nitriles is 1. The molecule has 0 unspecified atom stereocenters. The molecule has 1 fully saturated rings. The highest BCUT2D eigenvalue weighted by atomic mass is 16.5. The van der Waals surface area contributed by atoms with Crippen molar-refractivity contribution in [3.8, 4) is 6.07 Å². The second-order valence-corrected chi connectivity index (χ2v) is 8.26. The molecule has 0 spiro atoms. The molecule has 1 aromatic rings. The standard InChI is InChI=1S/C23H29NO2/c1-15(2)21-17(4)12-23(14-24)11-16(3)20(25)10-19(23)22(21)26-13-18-8-6-5-7-9-18/h5-10,16-17,20-22,25H,1,11-13H2,2-4H3/t16-,17+,20-,21-,22+,23+/m1/s1. The first-order valence-electron chi connectivity index (χ1n) is 9.50. The highest BCUT2D eigenvalue weighted by Gasteiger charge is 2.52. The summed E-state index contributed by atoms with van der Waals surface area (Å²) in [6.45, 7) is 11.0. The molecule has 1 N–H and O–H groups in total. The number of rotatable bonds is 4. The molecular formula is C23H29NO2. The first kappa shape index (κ1) is 18.9. The minimum Gasteiger partial charge on any atom is -0.389 e. The van der Waals surface area contributed by atoms with Crippen LogP contribution in [0.5, 0.6) is 0 Å². The summed E-state index contributed by atoms with van der Waals surface area (Å²) in [5.41, 5.74) is 2.62. The van der Waals surface area contributed by atoms with Crippen molar-refractivity contribution >= 4 is 0 Å². The Balaban J connectivity index is 1.98. The molecule has 2 aliphatic carbocycles. The minimum absolute atomic E-state index is 0.0850. The molecule has 0 radical (unpaired) electrons. The van der Waals surface area contributed by atoms with Gasteiger partial charge in [0.05, 0.1) is 30.3 Å². The van der Waals surface area contributed by atoms with Gasteiger partial charge in [0.15, 0.2) is 0 Å². The van der Waals surface area contributed by atoms with Gasteiger partial charge in [0.1, 0.15) is 0 Å². The number of hydrogen-bond donors (Lipinski definition) is 1. The van der Waals surface area contributed by atoms with E-state index in [0.717, 1.165) is 23.1 Å². The smallest absolute Gasteiger partial charge is 0.0873 e. The van der Waals surface area contributed by atoms with Gasteiger partial charge in [-0.15, -0.1) is 0 Å². The van der Waals surface area contributed by atoms with Crippen LogP contribution in [0.2, 0.25) is 0 Å². The Morgan fingerprint density at radius 2 is 1.92 bits per heavy atom. The lowest BCUT2D eigenvalue weighted by atomic mass is 9.55. The lowest BCUT2D eigenvalue weighted by molar-refractivity contribution is -0.0285. The van der Waals surface area contributed by atoms with Crippen molar-refractivity contribution in [1.82, 2.24) is 0 Å². The molecule has 26 heavy (non-hydrogen) atoms. The topological polar surface area (TPSA) is 53.2 Å². The predicted octanol–water partition coefficient (Wildman–Crippen LogP) is 4.64. The van der Waals surface area contributed by atoms with Gasteiger partial charge in [0.25, 0.3) is 0 Å². The fraction of sp³-hybridized carbons (Fsp3) is 0.522. The maximum absolute atomic E-state index is 10.5. The molecule has 0 aliphatic heterocycles. The van der Waals surface area contributed by atoms with Gasteiger partial charge < -0.3 is 9.84 Å². The van der Waals surface area contributed by atoms with Gasteiger partial charge in [-0.3, -0.25) is 0 Å². The number of nitrogens with zero attached hydrogens (tertiary/aromatic N) is 1. The zero-order valence-electron chi connectivity index (χ0n) is 16.0. The molecule has 3 nitrogen and oxygen atoms in total. The van der Waals surface area contributed by atoms with Gasteiger partial charge >= 0.3 is 0 Å². The minimum atomic E-state index is -0.536. The third-order valence-corrected chi connectivity index (χ3v) is 6.13. The zero-order chi connectivity index (χ0) is 18.9. The molecule has 0 aromatic heterocycles. The van der Waals surface area contributed by atoms with E-state index in [0.29, 0.717) is 18.9 Å². The van der Waals surface area contributed by atoms with Crippen LogP contribution in [0.25, 0.3) is 0 Å². The number of ether oxygens (including phenoxy) is 1. The summed E-state index contributed by atoms with van der Waals surface area (Å²) in [5, 5.41) is 20.5. The first-order chi connectivity index (χ1) is 12.4. The normalized spacial score (nSPS) is 36.6. The Kier molecular flexibility index (Phi) is 5.37. The van der Waals surface area contributed by atoms with Crippen molar-refractivity contribution in [2.45, 2.75) is 52.4 Å². The van der Waals surface area contributed by atoms with Crippen LogP contribution < -0.4 is 0 Å². The average Bonchev–Trinajstić information content (AvgIpc) is 2.61. The Morgan fingerprint density at radius 3 is 2.54 bits per heavy atom. The largest absolute Gasteiger partial charge is 0.389 e. The van der Waals surface area contributed by atoms with Gasteiger partial charge in [-0.25, -0.2) is 0 Å². The second-order valence-electron chi connectivity index (χ2n) is 8.26. The molecular weight excluding hydrogens is 322 g/mol. The Morgan fingerprint density at radius 1 is 1.27 bits per heavy atom. The third-order valence-electron chi connectivity index (χ3n) is 6.13. The highest BCUT2D eigenvalue weighted by Crippen LogP contribution is 2.54. The molecule has 2 aliphatic rings. The molecule has 0 heterocycles. The van der Waals surface area contributed by atoms with Crippen molar-refractivity contribution in [2.24, 2.45) is 23.2 Å². The molecule has 0 amide bonds. The number of hydrogen-bond acceptors (Lipinski definition) is 3. The number of benzene rings is 1. The van der Waals surface area contributed by atoms with E-state index in [4.69, 9.17) is 4.74 Å². The summed E-state index contributed by atoms with van der Waals surface area (Å²) in [6.07, 6.45) is 2.66. The molecule has 3 heteroatoms. The summed E-state index contributed by atoms with van der Waals surface area (Å²) in [4.78, 5) is 0. The highest BCUT2D eigenvalue weighted by molar-refractivity contribution is 5.37. The van der Waals surface area contributed by atoms with Crippen molar-refractivity contribution in [3.05, 3.63) is 59.7 Å². The molecule has 138 valence electrons. The number of fused-ring (bicyclic) bond motifs is 1. The maximum atomic E-state index is 10.5. The van der Waals surface area contributed by atoms with E-state index in [-0.39, 0.29) is 17.9 Å². The number of aliphatic hydroxyl groups is 1. The lowest BCUT2D eigenvalue weighted by Gasteiger charge is -2.50. The van der Waals surface area contributed by atoms with Crippen LogP contribution >= 0.6 is 0 Å². The Labute approximate surface area is 157 Å². The van der Waals surface area contributed by atoms with Gasteiger partial charge in [0, 0.05) is 5.92 Å². The lowest BCUT2D eigenvalue weighted by Crippen LogP contribution is -2.49. The molecule has 0 bridgehead atoms. The maximum Gasteiger partial charge on any atom is 0.0873 e. The van der Waals surface area contributed by atoms with Gasteiger partial charge in [-0.2, -0.15) is 5.26 Å². The van der Waals surface area contributed by atoms with E-state index < -0.39 is 11.5 Å². The fourth-order valence-electron chi connectivity index (χ4n) is 4.89. The van der Waals surface area contributed by atoms with Gasteiger partial charge in [0.2, 0.25) is 0 Å². The van der Waals surface area contributed by atoms with Crippen LogP contribution in [-0.4, -0.2) is 17.3 Å².